The third-order valence-corrected chi connectivity index (χ3v) is 7.37. The maximum Gasteiger partial charge on any atom is 0.251 e. The van der Waals surface area contributed by atoms with Crippen molar-refractivity contribution in [2.75, 3.05) is 24.5 Å². The lowest BCUT2D eigenvalue weighted by molar-refractivity contribution is -0.117. The number of anilines is 1. The number of rotatable bonds is 7. The molecule has 2 amide bonds. The Labute approximate surface area is 181 Å². The molecule has 1 saturated heterocycles. The normalized spacial score (nSPS) is 16.9. The van der Waals surface area contributed by atoms with Crippen molar-refractivity contribution in [2.24, 2.45) is 0 Å². The second-order valence-electron chi connectivity index (χ2n) is 6.97. The highest BCUT2D eigenvalue weighted by Crippen LogP contribution is 2.24. The molecule has 1 fully saturated rings. The van der Waals surface area contributed by atoms with Gasteiger partial charge in [0.2, 0.25) is 15.9 Å². The fourth-order valence-electron chi connectivity index (χ4n) is 3.43. The van der Waals surface area contributed by atoms with Crippen LogP contribution in [0.5, 0.6) is 0 Å². The SMILES string of the molecule is CCN(CC)S(=O)(=O)c1ccc(C(=O)N[C@H]2CC(=O)N(c3ccc(Cl)cc3)C2)cc1. The quantitative estimate of drug-likeness (QED) is 0.704. The molecule has 1 heterocycles. The van der Waals surface area contributed by atoms with Crippen molar-refractivity contribution in [3.05, 3.63) is 59.1 Å². The zero-order valence-electron chi connectivity index (χ0n) is 16.8. The van der Waals surface area contributed by atoms with E-state index in [9.17, 15) is 18.0 Å². The molecule has 0 aliphatic carbocycles. The van der Waals surface area contributed by atoms with Gasteiger partial charge in [0.1, 0.15) is 0 Å². The van der Waals surface area contributed by atoms with Crippen molar-refractivity contribution < 1.29 is 18.0 Å². The maximum absolute atomic E-state index is 12.6. The number of sulfonamides is 1. The van der Waals surface area contributed by atoms with Crippen LogP contribution in [0.1, 0.15) is 30.6 Å². The lowest BCUT2D eigenvalue weighted by atomic mass is 10.2. The molecule has 2 aromatic rings. The van der Waals surface area contributed by atoms with Gasteiger partial charge in [0.25, 0.3) is 5.91 Å². The Hall–Kier alpha value is -2.42. The molecule has 0 aromatic heterocycles. The largest absolute Gasteiger partial charge is 0.347 e. The molecule has 1 aliphatic rings. The highest BCUT2D eigenvalue weighted by atomic mass is 35.5. The molecule has 160 valence electrons. The van der Waals surface area contributed by atoms with E-state index in [0.29, 0.717) is 30.2 Å². The summed E-state index contributed by atoms with van der Waals surface area (Å²) in [5.41, 5.74) is 1.07. The number of hydrogen-bond acceptors (Lipinski definition) is 4. The van der Waals surface area contributed by atoms with Crippen LogP contribution < -0.4 is 10.2 Å². The summed E-state index contributed by atoms with van der Waals surface area (Å²) in [6.45, 7) is 4.67. The molecule has 0 radical (unpaired) electrons. The van der Waals surface area contributed by atoms with Crippen LogP contribution >= 0.6 is 11.6 Å². The van der Waals surface area contributed by atoms with Crippen molar-refractivity contribution in [3.63, 3.8) is 0 Å². The van der Waals surface area contributed by atoms with E-state index >= 15 is 0 Å². The third-order valence-electron chi connectivity index (χ3n) is 5.06. The number of carbonyl (C=O) groups excluding carboxylic acids is 2. The van der Waals surface area contributed by atoms with Crippen LogP contribution in [-0.2, 0) is 14.8 Å². The molecule has 30 heavy (non-hydrogen) atoms. The zero-order chi connectivity index (χ0) is 21.9. The Morgan fingerprint density at radius 3 is 2.27 bits per heavy atom. The fourth-order valence-corrected chi connectivity index (χ4v) is 5.02. The first-order valence-electron chi connectivity index (χ1n) is 9.73. The Kier molecular flexibility index (Phi) is 6.80. The minimum absolute atomic E-state index is 0.0803. The Bertz CT molecular complexity index is 1020. The molecule has 1 atom stereocenters. The van der Waals surface area contributed by atoms with Crippen LogP contribution in [0, 0.1) is 0 Å². The van der Waals surface area contributed by atoms with Gasteiger partial charge in [-0.1, -0.05) is 25.4 Å². The van der Waals surface area contributed by atoms with Gasteiger partial charge in [0.15, 0.2) is 0 Å². The molecule has 0 spiro atoms. The van der Waals surface area contributed by atoms with E-state index in [0.717, 1.165) is 5.69 Å². The number of halogens is 1. The Morgan fingerprint density at radius 2 is 1.70 bits per heavy atom. The van der Waals surface area contributed by atoms with Crippen LogP contribution in [0.15, 0.2) is 53.4 Å². The average molecular weight is 450 g/mol. The van der Waals surface area contributed by atoms with Crippen molar-refractivity contribution in [1.29, 1.82) is 0 Å². The van der Waals surface area contributed by atoms with Crippen molar-refractivity contribution in [2.45, 2.75) is 31.2 Å². The number of carbonyl (C=O) groups is 2. The van der Waals surface area contributed by atoms with E-state index in [4.69, 9.17) is 11.6 Å². The van der Waals surface area contributed by atoms with Gasteiger partial charge in [-0.2, -0.15) is 4.31 Å². The molecule has 0 bridgehead atoms. The van der Waals surface area contributed by atoms with Crippen LogP contribution in [0.4, 0.5) is 5.69 Å². The van der Waals surface area contributed by atoms with Gasteiger partial charge in [-0.25, -0.2) is 8.42 Å². The number of amides is 2. The molecule has 1 aliphatic heterocycles. The van der Waals surface area contributed by atoms with Crippen LogP contribution in [0.2, 0.25) is 5.02 Å². The van der Waals surface area contributed by atoms with Crippen molar-refractivity contribution >= 4 is 39.1 Å². The standard InChI is InChI=1S/C21H24ClN3O4S/c1-3-24(4-2)30(28,29)19-11-5-15(6-12-19)21(27)23-17-13-20(26)25(14-17)18-9-7-16(22)8-10-18/h5-12,17H,3-4,13-14H2,1-2H3,(H,23,27)/t17-/m0/s1. The zero-order valence-corrected chi connectivity index (χ0v) is 18.4. The topological polar surface area (TPSA) is 86.8 Å². The molecule has 0 saturated carbocycles. The van der Waals surface area contributed by atoms with Gasteiger partial charge in [0.05, 0.1) is 10.9 Å². The number of benzene rings is 2. The van der Waals surface area contributed by atoms with Gasteiger partial charge in [-0.15, -0.1) is 0 Å². The summed E-state index contributed by atoms with van der Waals surface area (Å²) in [5.74, 6) is -0.430. The molecular weight excluding hydrogens is 426 g/mol. The molecule has 7 nitrogen and oxygen atoms in total. The predicted molar refractivity (Wildman–Crippen MR) is 116 cm³/mol. The number of hydrogen-bond donors (Lipinski definition) is 1. The highest BCUT2D eigenvalue weighted by molar-refractivity contribution is 7.89. The van der Waals surface area contributed by atoms with E-state index in [-0.39, 0.29) is 29.2 Å². The van der Waals surface area contributed by atoms with Gasteiger partial charge in [0, 0.05) is 42.3 Å². The van der Waals surface area contributed by atoms with E-state index < -0.39 is 10.0 Å². The Morgan fingerprint density at radius 1 is 1.10 bits per heavy atom. The monoisotopic (exact) mass is 449 g/mol. The highest BCUT2D eigenvalue weighted by Gasteiger charge is 2.32. The molecule has 2 aromatic carbocycles. The lowest BCUT2D eigenvalue weighted by Gasteiger charge is -2.19. The predicted octanol–water partition coefficient (Wildman–Crippen LogP) is 2.91. The summed E-state index contributed by atoms with van der Waals surface area (Å²) in [6.07, 6.45) is 0.197. The van der Waals surface area contributed by atoms with Crippen molar-refractivity contribution in [1.82, 2.24) is 9.62 Å². The van der Waals surface area contributed by atoms with E-state index in [1.807, 2.05) is 0 Å². The lowest BCUT2D eigenvalue weighted by Crippen LogP contribution is -2.37. The van der Waals surface area contributed by atoms with E-state index in [1.54, 1.807) is 43.0 Å². The average Bonchev–Trinajstić information content (AvgIpc) is 3.09. The second-order valence-corrected chi connectivity index (χ2v) is 9.34. The summed E-state index contributed by atoms with van der Waals surface area (Å²) in [7, 11) is -3.57. The van der Waals surface area contributed by atoms with Gasteiger partial charge >= 0.3 is 0 Å². The first kappa shape index (κ1) is 22.3. The summed E-state index contributed by atoms with van der Waals surface area (Å²) in [6, 6.07) is 12.5. The second kappa shape index (κ2) is 9.16. The maximum atomic E-state index is 12.6. The number of nitrogens with zero attached hydrogens (tertiary/aromatic N) is 2. The summed E-state index contributed by atoms with van der Waals surface area (Å²) < 4.78 is 26.5. The minimum Gasteiger partial charge on any atom is -0.347 e. The molecule has 0 unspecified atom stereocenters. The van der Waals surface area contributed by atoms with Gasteiger partial charge in [-0.3, -0.25) is 9.59 Å². The van der Waals surface area contributed by atoms with Crippen molar-refractivity contribution in [3.8, 4) is 0 Å². The van der Waals surface area contributed by atoms with E-state index in [2.05, 4.69) is 5.32 Å². The van der Waals surface area contributed by atoms with Crippen LogP contribution in [0.25, 0.3) is 0 Å². The first-order valence-corrected chi connectivity index (χ1v) is 11.5. The molecular formula is C21H24ClN3O4S. The third kappa shape index (κ3) is 4.66. The first-order chi connectivity index (χ1) is 14.3. The van der Waals surface area contributed by atoms with Gasteiger partial charge < -0.3 is 10.2 Å². The van der Waals surface area contributed by atoms with E-state index in [1.165, 1.54) is 28.6 Å². The van der Waals surface area contributed by atoms with Crippen LogP contribution in [-0.4, -0.2) is 50.2 Å². The minimum atomic E-state index is -3.57. The summed E-state index contributed by atoms with van der Waals surface area (Å²) in [5, 5.41) is 3.44. The Balaban J connectivity index is 1.66. The number of nitrogens with one attached hydrogen (secondary N) is 1. The van der Waals surface area contributed by atoms with Crippen LogP contribution in [0.3, 0.4) is 0 Å². The molecule has 1 N–H and O–H groups in total. The van der Waals surface area contributed by atoms with Gasteiger partial charge in [-0.05, 0) is 48.5 Å². The smallest absolute Gasteiger partial charge is 0.251 e. The summed E-state index contributed by atoms with van der Waals surface area (Å²) >= 11 is 5.89. The molecule has 3 rings (SSSR count). The molecule has 9 heteroatoms. The fraction of sp³-hybridized carbons (Fsp3) is 0.333. The summed E-state index contributed by atoms with van der Waals surface area (Å²) in [4.78, 5) is 26.7.